The quantitative estimate of drug-likeness (QED) is 0.552. The van der Waals surface area contributed by atoms with Crippen LogP contribution in [0, 0.1) is 12.8 Å². The van der Waals surface area contributed by atoms with Crippen LogP contribution in [0.25, 0.3) is 0 Å². The fraction of sp³-hybridized carbons (Fsp3) is 0.350. The molecule has 6 heteroatoms. The van der Waals surface area contributed by atoms with Gasteiger partial charge in [0.15, 0.2) is 0 Å². The largest absolute Gasteiger partial charge is 0.326 e. The fourth-order valence-electron chi connectivity index (χ4n) is 2.54. The normalized spacial score (nSPS) is 11.5. The molecule has 2 aromatic rings. The minimum Gasteiger partial charge on any atom is -0.326 e. The highest BCUT2D eigenvalue weighted by Crippen LogP contribution is 2.16. The van der Waals surface area contributed by atoms with Crippen molar-refractivity contribution < 1.29 is 9.59 Å². The second-order valence-electron chi connectivity index (χ2n) is 6.13. The number of rotatable bonds is 7. The molecule has 5 nitrogen and oxygen atoms in total. The lowest BCUT2D eigenvalue weighted by molar-refractivity contribution is -0.120. The van der Waals surface area contributed by atoms with Crippen molar-refractivity contribution in [3.63, 3.8) is 0 Å². The van der Waals surface area contributed by atoms with Crippen molar-refractivity contribution in [3.05, 3.63) is 51.7 Å². The van der Waals surface area contributed by atoms with Gasteiger partial charge >= 0.3 is 0 Å². The maximum absolute atomic E-state index is 12.2. The van der Waals surface area contributed by atoms with Gasteiger partial charge < -0.3 is 5.32 Å². The Hall–Kier alpha value is -2.47. The van der Waals surface area contributed by atoms with E-state index in [1.165, 1.54) is 11.3 Å². The van der Waals surface area contributed by atoms with E-state index in [1.807, 2.05) is 58.0 Å². The summed E-state index contributed by atoms with van der Waals surface area (Å²) in [4.78, 5) is 26.0. The highest BCUT2D eigenvalue weighted by atomic mass is 32.1. The van der Waals surface area contributed by atoms with E-state index in [0.29, 0.717) is 10.6 Å². The Morgan fingerprint density at radius 1 is 1.15 bits per heavy atom. The number of aryl methyl sites for hydroxylation is 1. The molecule has 1 heterocycles. The van der Waals surface area contributed by atoms with Gasteiger partial charge in [-0.1, -0.05) is 26.0 Å². The number of benzene rings is 1. The van der Waals surface area contributed by atoms with Gasteiger partial charge in [0.1, 0.15) is 0 Å². The first-order valence-corrected chi connectivity index (χ1v) is 9.58. The molecule has 0 aliphatic rings. The average molecular weight is 372 g/mol. The SMILES string of the molecule is CCC(CC)C(=O)Nc1cccc(C(C)=NNC(=O)c2ccc(C)s2)c1. The Morgan fingerprint density at radius 3 is 2.50 bits per heavy atom. The number of anilines is 1. The summed E-state index contributed by atoms with van der Waals surface area (Å²) < 4.78 is 0. The van der Waals surface area contributed by atoms with Crippen LogP contribution in [-0.4, -0.2) is 17.5 Å². The van der Waals surface area contributed by atoms with E-state index in [-0.39, 0.29) is 17.7 Å². The van der Waals surface area contributed by atoms with Gasteiger partial charge in [-0.15, -0.1) is 11.3 Å². The van der Waals surface area contributed by atoms with E-state index >= 15 is 0 Å². The van der Waals surface area contributed by atoms with Gasteiger partial charge in [0, 0.05) is 16.5 Å². The molecule has 1 aromatic carbocycles. The van der Waals surface area contributed by atoms with Crippen LogP contribution in [-0.2, 0) is 4.79 Å². The number of nitrogens with one attached hydrogen (secondary N) is 2. The highest BCUT2D eigenvalue weighted by molar-refractivity contribution is 7.13. The topological polar surface area (TPSA) is 70.6 Å². The van der Waals surface area contributed by atoms with Crippen LogP contribution in [0.5, 0.6) is 0 Å². The Morgan fingerprint density at radius 2 is 1.88 bits per heavy atom. The van der Waals surface area contributed by atoms with Gasteiger partial charge in [-0.05, 0) is 56.5 Å². The summed E-state index contributed by atoms with van der Waals surface area (Å²) in [5.74, 6) is -0.175. The fourth-order valence-corrected chi connectivity index (χ4v) is 3.29. The summed E-state index contributed by atoms with van der Waals surface area (Å²) in [5, 5.41) is 7.13. The number of amides is 2. The molecule has 2 amide bonds. The summed E-state index contributed by atoms with van der Waals surface area (Å²) in [6.45, 7) is 7.80. The second-order valence-corrected chi connectivity index (χ2v) is 7.42. The van der Waals surface area contributed by atoms with E-state index in [9.17, 15) is 9.59 Å². The van der Waals surface area contributed by atoms with Gasteiger partial charge in [-0.2, -0.15) is 5.10 Å². The smallest absolute Gasteiger partial charge is 0.281 e. The van der Waals surface area contributed by atoms with Gasteiger partial charge in [-0.3, -0.25) is 9.59 Å². The lowest BCUT2D eigenvalue weighted by Gasteiger charge is -2.13. The maximum Gasteiger partial charge on any atom is 0.281 e. The molecule has 1 aromatic heterocycles. The number of hydrogen-bond donors (Lipinski definition) is 2. The molecule has 0 bridgehead atoms. The molecule has 0 atom stereocenters. The monoisotopic (exact) mass is 371 g/mol. The second kappa shape index (κ2) is 9.29. The Balaban J connectivity index is 2.06. The number of thiophene rings is 1. The first-order valence-electron chi connectivity index (χ1n) is 8.77. The number of hydrazone groups is 1. The predicted molar refractivity (Wildman–Crippen MR) is 108 cm³/mol. The van der Waals surface area contributed by atoms with Gasteiger partial charge in [0.25, 0.3) is 5.91 Å². The molecule has 0 fully saturated rings. The summed E-state index contributed by atoms with van der Waals surface area (Å²) in [7, 11) is 0. The Labute approximate surface area is 158 Å². The molecule has 0 aliphatic heterocycles. The summed E-state index contributed by atoms with van der Waals surface area (Å²) in [5.41, 5.74) is 4.82. The summed E-state index contributed by atoms with van der Waals surface area (Å²) in [6.07, 6.45) is 1.63. The lowest BCUT2D eigenvalue weighted by Crippen LogP contribution is -2.21. The Kier molecular flexibility index (Phi) is 7.09. The number of carbonyl (C=O) groups is 2. The zero-order chi connectivity index (χ0) is 19.1. The molecule has 0 saturated heterocycles. The third-order valence-electron chi connectivity index (χ3n) is 4.19. The summed E-state index contributed by atoms with van der Waals surface area (Å²) >= 11 is 1.43. The van der Waals surface area contributed by atoms with Crippen LogP contribution < -0.4 is 10.7 Å². The Bertz CT molecular complexity index is 807. The van der Waals surface area contributed by atoms with Crippen molar-refractivity contribution in [2.45, 2.75) is 40.5 Å². The first kappa shape index (κ1) is 19.8. The van der Waals surface area contributed by atoms with Crippen LogP contribution in [0.4, 0.5) is 5.69 Å². The predicted octanol–water partition coefficient (Wildman–Crippen LogP) is 4.59. The number of carbonyl (C=O) groups excluding carboxylic acids is 2. The van der Waals surface area contributed by atoms with Crippen molar-refractivity contribution in [3.8, 4) is 0 Å². The number of nitrogens with zero attached hydrogens (tertiary/aromatic N) is 1. The van der Waals surface area contributed by atoms with E-state index in [0.717, 1.165) is 29.0 Å². The lowest BCUT2D eigenvalue weighted by atomic mass is 10.0. The van der Waals surface area contributed by atoms with Crippen LogP contribution >= 0.6 is 11.3 Å². The maximum atomic E-state index is 12.2. The van der Waals surface area contributed by atoms with Gasteiger partial charge in [0.05, 0.1) is 10.6 Å². The van der Waals surface area contributed by atoms with Crippen LogP contribution in [0.3, 0.4) is 0 Å². The van der Waals surface area contributed by atoms with Crippen LogP contribution in [0.2, 0.25) is 0 Å². The van der Waals surface area contributed by atoms with Crippen molar-refractivity contribution in [2.24, 2.45) is 11.0 Å². The van der Waals surface area contributed by atoms with Crippen molar-refractivity contribution in [2.75, 3.05) is 5.32 Å². The van der Waals surface area contributed by atoms with Gasteiger partial charge in [0.2, 0.25) is 5.91 Å². The zero-order valence-electron chi connectivity index (χ0n) is 15.6. The molecule has 0 spiro atoms. The van der Waals surface area contributed by atoms with Gasteiger partial charge in [-0.25, -0.2) is 5.43 Å². The van der Waals surface area contributed by atoms with Crippen molar-refractivity contribution in [1.29, 1.82) is 0 Å². The van der Waals surface area contributed by atoms with Crippen molar-refractivity contribution >= 4 is 34.6 Å². The summed E-state index contributed by atoms with van der Waals surface area (Å²) in [6, 6.07) is 11.2. The molecule has 2 rings (SSSR count). The van der Waals surface area contributed by atoms with E-state index in [2.05, 4.69) is 15.8 Å². The minimum absolute atomic E-state index is 0.0157. The van der Waals surface area contributed by atoms with Crippen LogP contribution in [0.1, 0.15) is 53.7 Å². The standard InChI is InChI=1S/C20H25N3O2S/c1-5-15(6-2)19(24)21-17-9-7-8-16(12-17)14(4)22-23-20(25)18-11-10-13(3)26-18/h7-12,15H,5-6H2,1-4H3,(H,21,24)(H,23,25). The molecule has 0 unspecified atom stereocenters. The van der Waals surface area contributed by atoms with Crippen molar-refractivity contribution in [1.82, 2.24) is 5.43 Å². The molecular weight excluding hydrogens is 346 g/mol. The van der Waals surface area contributed by atoms with Crippen LogP contribution in [0.15, 0.2) is 41.5 Å². The third-order valence-corrected chi connectivity index (χ3v) is 5.19. The van der Waals surface area contributed by atoms with E-state index in [4.69, 9.17) is 0 Å². The molecule has 2 N–H and O–H groups in total. The molecule has 26 heavy (non-hydrogen) atoms. The average Bonchev–Trinajstić information content (AvgIpc) is 3.07. The molecular formula is C20H25N3O2S. The number of hydrogen-bond acceptors (Lipinski definition) is 4. The minimum atomic E-state index is -0.222. The first-order chi connectivity index (χ1) is 12.4. The molecule has 0 aliphatic carbocycles. The van der Waals surface area contributed by atoms with E-state index < -0.39 is 0 Å². The third kappa shape index (κ3) is 5.26. The molecule has 0 saturated carbocycles. The van der Waals surface area contributed by atoms with E-state index in [1.54, 1.807) is 6.07 Å². The molecule has 0 radical (unpaired) electrons. The molecule has 138 valence electrons. The highest BCUT2D eigenvalue weighted by Gasteiger charge is 2.14. The zero-order valence-corrected chi connectivity index (χ0v) is 16.4.